The third-order valence-corrected chi connectivity index (χ3v) is 4.40. The lowest BCUT2D eigenvalue weighted by molar-refractivity contribution is 0.0517. The molecule has 0 spiro atoms. The van der Waals surface area contributed by atoms with Crippen molar-refractivity contribution < 1.29 is 9.53 Å². The molecule has 1 aliphatic rings. The van der Waals surface area contributed by atoms with Gasteiger partial charge >= 0.3 is 11.7 Å². The molecule has 3 rings (SSSR count). The van der Waals surface area contributed by atoms with E-state index >= 15 is 0 Å². The first-order valence-electron chi connectivity index (χ1n) is 8.73. The summed E-state index contributed by atoms with van der Waals surface area (Å²) in [5.74, 6) is 1.22. The van der Waals surface area contributed by atoms with Gasteiger partial charge in [-0.1, -0.05) is 0 Å². The van der Waals surface area contributed by atoms with Crippen molar-refractivity contribution in [3.8, 4) is 0 Å². The molecule has 0 aliphatic carbocycles. The molecule has 0 atom stereocenters. The summed E-state index contributed by atoms with van der Waals surface area (Å²) in [5.41, 5.74) is 1.44. The van der Waals surface area contributed by atoms with Crippen LogP contribution in [0.1, 0.15) is 34.5 Å². The van der Waals surface area contributed by atoms with E-state index in [4.69, 9.17) is 4.74 Å². The zero-order valence-corrected chi connectivity index (χ0v) is 15.3. The maximum atomic E-state index is 12.0. The number of imidazole rings is 1. The maximum Gasteiger partial charge on any atom is 0.356 e. The van der Waals surface area contributed by atoms with E-state index in [-0.39, 0.29) is 12.3 Å². The summed E-state index contributed by atoms with van der Waals surface area (Å²) in [4.78, 5) is 42.0. The molecule has 0 bridgehead atoms. The fourth-order valence-corrected chi connectivity index (χ4v) is 3.10. The van der Waals surface area contributed by atoms with Crippen molar-refractivity contribution in [3.63, 3.8) is 0 Å². The normalized spacial score (nSPS) is 15.3. The third kappa shape index (κ3) is 3.93. The molecule has 0 unspecified atom stereocenters. The van der Waals surface area contributed by atoms with Gasteiger partial charge in [-0.25, -0.2) is 19.6 Å². The molecule has 26 heavy (non-hydrogen) atoms. The molecule has 0 aromatic carbocycles. The second kappa shape index (κ2) is 7.69. The van der Waals surface area contributed by atoms with Crippen LogP contribution < -0.4 is 10.6 Å². The minimum atomic E-state index is -0.508. The zero-order chi connectivity index (χ0) is 18.7. The molecule has 9 heteroatoms. The van der Waals surface area contributed by atoms with Gasteiger partial charge in [0.25, 0.3) is 0 Å². The van der Waals surface area contributed by atoms with Gasteiger partial charge in [-0.3, -0.25) is 9.88 Å². The summed E-state index contributed by atoms with van der Waals surface area (Å²) in [7, 11) is 0. The summed E-state index contributed by atoms with van der Waals surface area (Å²) < 4.78 is 5.00. The fourth-order valence-electron chi connectivity index (χ4n) is 3.10. The first kappa shape index (κ1) is 18.1. The van der Waals surface area contributed by atoms with E-state index in [1.54, 1.807) is 6.92 Å². The van der Waals surface area contributed by atoms with Crippen molar-refractivity contribution in [2.75, 3.05) is 37.7 Å². The van der Waals surface area contributed by atoms with Crippen LogP contribution in [0.4, 0.5) is 5.82 Å². The number of ether oxygens (including phenoxy) is 1. The van der Waals surface area contributed by atoms with Crippen molar-refractivity contribution in [1.82, 2.24) is 24.8 Å². The van der Waals surface area contributed by atoms with E-state index in [1.165, 1.54) is 0 Å². The SMILES string of the molecule is CCOC(=O)c1[nH]c(=O)[nH]c1CN1CCN(c2nc(C)ncc2C)CC1. The Bertz CT molecular complexity index is 835. The summed E-state index contributed by atoms with van der Waals surface area (Å²) >= 11 is 0. The minimum absolute atomic E-state index is 0.210. The van der Waals surface area contributed by atoms with Gasteiger partial charge < -0.3 is 14.6 Å². The second-order valence-corrected chi connectivity index (χ2v) is 6.34. The lowest BCUT2D eigenvalue weighted by Crippen LogP contribution is -2.46. The van der Waals surface area contributed by atoms with Gasteiger partial charge in [0.15, 0.2) is 0 Å². The highest BCUT2D eigenvalue weighted by Crippen LogP contribution is 2.19. The van der Waals surface area contributed by atoms with Gasteiger partial charge in [0.1, 0.15) is 17.3 Å². The lowest BCUT2D eigenvalue weighted by atomic mass is 10.2. The first-order valence-corrected chi connectivity index (χ1v) is 8.73. The van der Waals surface area contributed by atoms with Gasteiger partial charge in [-0.2, -0.15) is 0 Å². The Morgan fingerprint density at radius 2 is 1.96 bits per heavy atom. The quantitative estimate of drug-likeness (QED) is 0.752. The molecule has 2 aromatic heterocycles. The summed E-state index contributed by atoms with van der Waals surface area (Å²) in [5, 5.41) is 0. The van der Waals surface area contributed by atoms with Crippen LogP contribution in [0.15, 0.2) is 11.0 Å². The van der Waals surface area contributed by atoms with Crippen LogP contribution >= 0.6 is 0 Å². The van der Waals surface area contributed by atoms with Crippen LogP contribution in [0.3, 0.4) is 0 Å². The van der Waals surface area contributed by atoms with Crippen LogP contribution in [0, 0.1) is 13.8 Å². The van der Waals surface area contributed by atoms with Crippen LogP contribution in [0.2, 0.25) is 0 Å². The molecule has 1 fully saturated rings. The largest absolute Gasteiger partial charge is 0.461 e. The number of aromatic amines is 2. The predicted molar refractivity (Wildman–Crippen MR) is 96.4 cm³/mol. The number of H-pyrrole nitrogens is 2. The molecule has 0 radical (unpaired) electrons. The number of nitrogens with zero attached hydrogens (tertiary/aromatic N) is 4. The predicted octanol–water partition coefficient (Wildman–Crippen LogP) is 0.609. The summed E-state index contributed by atoms with van der Waals surface area (Å²) in [6.07, 6.45) is 1.85. The topological polar surface area (TPSA) is 107 Å². The van der Waals surface area contributed by atoms with Crippen LogP contribution in [0.25, 0.3) is 0 Å². The van der Waals surface area contributed by atoms with Crippen molar-refractivity contribution in [2.45, 2.75) is 27.3 Å². The standard InChI is InChI=1S/C17H24N6O3/c1-4-26-16(24)14-13(20-17(25)21-14)10-22-5-7-23(8-6-22)15-11(2)9-18-12(3)19-15/h9H,4-8,10H2,1-3H3,(H2,20,21,25). The number of rotatable bonds is 5. The highest BCUT2D eigenvalue weighted by atomic mass is 16.5. The number of aromatic nitrogens is 4. The molecule has 2 aromatic rings. The monoisotopic (exact) mass is 360 g/mol. The van der Waals surface area contributed by atoms with Crippen LogP contribution in [0.5, 0.6) is 0 Å². The Kier molecular flexibility index (Phi) is 5.36. The van der Waals surface area contributed by atoms with Gasteiger partial charge in [0, 0.05) is 44.5 Å². The number of hydrogen-bond acceptors (Lipinski definition) is 7. The zero-order valence-electron chi connectivity index (χ0n) is 15.3. The Balaban J connectivity index is 1.65. The van der Waals surface area contributed by atoms with Crippen molar-refractivity contribution in [3.05, 3.63) is 39.5 Å². The van der Waals surface area contributed by atoms with Crippen LogP contribution in [-0.2, 0) is 11.3 Å². The van der Waals surface area contributed by atoms with E-state index in [9.17, 15) is 9.59 Å². The molecule has 1 aliphatic heterocycles. The van der Waals surface area contributed by atoms with E-state index < -0.39 is 11.7 Å². The molecular formula is C17H24N6O3. The smallest absolute Gasteiger partial charge is 0.356 e. The highest BCUT2D eigenvalue weighted by Gasteiger charge is 2.23. The fraction of sp³-hybridized carbons (Fsp3) is 0.529. The van der Waals surface area contributed by atoms with E-state index in [0.717, 1.165) is 43.4 Å². The highest BCUT2D eigenvalue weighted by molar-refractivity contribution is 5.88. The molecule has 0 saturated carbocycles. The first-order chi connectivity index (χ1) is 12.5. The molecule has 140 valence electrons. The summed E-state index contributed by atoms with van der Waals surface area (Å²) in [6.45, 7) is 9.63. The van der Waals surface area contributed by atoms with Gasteiger partial charge in [0.05, 0.1) is 12.3 Å². The number of carbonyl (C=O) groups excluding carboxylic acids is 1. The van der Waals surface area contributed by atoms with Gasteiger partial charge in [0.2, 0.25) is 0 Å². The number of nitrogens with one attached hydrogen (secondary N) is 2. The van der Waals surface area contributed by atoms with E-state index in [0.29, 0.717) is 12.2 Å². The number of aryl methyl sites for hydroxylation is 2. The number of anilines is 1. The lowest BCUT2D eigenvalue weighted by Gasteiger charge is -2.35. The molecular weight excluding hydrogens is 336 g/mol. The Hall–Kier alpha value is -2.68. The maximum absolute atomic E-state index is 12.0. The molecule has 1 saturated heterocycles. The minimum Gasteiger partial charge on any atom is -0.461 e. The Morgan fingerprint density at radius 3 is 2.65 bits per heavy atom. The van der Waals surface area contributed by atoms with Crippen LogP contribution in [-0.4, -0.2) is 63.6 Å². The van der Waals surface area contributed by atoms with Crippen molar-refractivity contribution in [2.24, 2.45) is 0 Å². The third-order valence-electron chi connectivity index (χ3n) is 4.40. The number of carbonyl (C=O) groups is 1. The number of esters is 1. The molecule has 0 amide bonds. The van der Waals surface area contributed by atoms with E-state index in [2.05, 4.69) is 29.7 Å². The molecule has 9 nitrogen and oxygen atoms in total. The summed E-state index contributed by atoms with van der Waals surface area (Å²) in [6, 6.07) is 0. The van der Waals surface area contributed by atoms with E-state index in [1.807, 2.05) is 20.0 Å². The number of piperazine rings is 1. The average molecular weight is 360 g/mol. The van der Waals surface area contributed by atoms with Crippen molar-refractivity contribution in [1.29, 1.82) is 0 Å². The second-order valence-electron chi connectivity index (χ2n) is 6.34. The van der Waals surface area contributed by atoms with Gasteiger partial charge in [-0.05, 0) is 20.8 Å². The number of hydrogen-bond donors (Lipinski definition) is 2. The molecule has 3 heterocycles. The van der Waals surface area contributed by atoms with Gasteiger partial charge in [-0.15, -0.1) is 0 Å². The molecule has 2 N–H and O–H groups in total. The Labute approximate surface area is 151 Å². The Morgan fingerprint density at radius 1 is 1.23 bits per heavy atom. The van der Waals surface area contributed by atoms with Crippen molar-refractivity contribution >= 4 is 11.8 Å². The average Bonchev–Trinajstić information content (AvgIpc) is 2.98.